The molecule has 0 N–H and O–H groups in total. The van der Waals surface area contributed by atoms with Gasteiger partial charge in [-0.05, 0) is 101 Å². The number of thiophene rings is 1. The van der Waals surface area contributed by atoms with Crippen LogP contribution < -0.4 is 0 Å². The summed E-state index contributed by atoms with van der Waals surface area (Å²) in [5.74, 6) is 0. The number of para-hydroxylation sites is 2. The second-order valence-corrected chi connectivity index (χ2v) is 16.4. The van der Waals surface area contributed by atoms with Gasteiger partial charge >= 0.3 is 0 Å². The first kappa shape index (κ1) is 31.8. The highest BCUT2D eigenvalue weighted by Gasteiger charge is 2.20. The summed E-state index contributed by atoms with van der Waals surface area (Å²) in [6, 6.07) is 70.9. The van der Waals surface area contributed by atoms with Gasteiger partial charge in [0.2, 0.25) is 0 Å². The lowest BCUT2D eigenvalue weighted by Gasteiger charge is -2.10. The number of hydrogen-bond acceptors (Lipinski definition) is 2. The third-order valence-corrected chi connectivity index (χ3v) is 13.3. The predicted octanol–water partition coefficient (Wildman–Crippen LogP) is 15.5. The number of nitrogens with zero attached hydrogens (tertiary/aromatic N) is 2. The Balaban J connectivity index is 1.02. The molecule has 3 nitrogen and oxygen atoms in total. The minimum atomic E-state index is 0.898. The molecule has 0 amide bonds. The maximum atomic E-state index is 6.24. The van der Waals surface area contributed by atoms with E-state index >= 15 is 0 Å². The van der Waals surface area contributed by atoms with Gasteiger partial charge < -0.3 is 13.6 Å². The Morgan fingerprint density at radius 3 is 1.83 bits per heavy atom. The Kier molecular flexibility index (Phi) is 6.60. The van der Waals surface area contributed by atoms with Gasteiger partial charge in [-0.1, -0.05) is 115 Å². The minimum Gasteiger partial charge on any atom is -0.456 e. The van der Waals surface area contributed by atoms with Crippen LogP contribution in [0.25, 0.3) is 119 Å². The molecule has 0 saturated carbocycles. The van der Waals surface area contributed by atoms with E-state index in [1.165, 1.54) is 91.7 Å². The summed E-state index contributed by atoms with van der Waals surface area (Å²) in [5, 5.41) is 9.86. The summed E-state index contributed by atoms with van der Waals surface area (Å²) >= 11 is 1.87. The molecular weight excluding hydrogens is 725 g/mol. The van der Waals surface area contributed by atoms with Crippen LogP contribution in [-0.2, 0) is 0 Å². The number of aromatic nitrogens is 2. The highest BCUT2D eigenvalue weighted by Crippen LogP contribution is 2.43. The molecule has 58 heavy (non-hydrogen) atoms. The minimum absolute atomic E-state index is 0.898. The van der Waals surface area contributed by atoms with E-state index in [1.807, 2.05) is 23.5 Å². The number of rotatable bonds is 4. The van der Waals surface area contributed by atoms with E-state index in [0.717, 1.165) is 27.6 Å². The van der Waals surface area contributed by atoms with Gasteiger partial charge in [-0.15, -0.1) is 11.3 Å². The quantitative estimate of drug-likeness (QED) is 0.175. The average Bonchev–Trinajstić information content (AvgIpc) is 4.03. The van der Waals surface area contributed by atoms with Crippen molar-refractivity contribution in [2.45, 2.75) is 0 Å². The molecule has 4 heteroatoms. The first-order chi connectivity index (χ1) is 28.7. The van der Waals surface area contributed by atoms with Crippen molar-refractivity contribution >= 4 is 97.1 Å². The molecule has 4 aromatic heterocycles. The molecule has 0 atom stereocenters. The van der Waals surface area contributed by atoms with Crippen LogP contribution in [0.5, 0.6) is 0 Å². The van der Waals surface area contributed by atoms with E-state index in [0.29, 0.717) is 0 Å². The molecule has 0 aliphatic carbocycles. The van der Waals surface area contributed by atoms with Crippen LogP contribution in [0.1, 0.15) is 0 Å². The van der Waals surface area contributed by atoms with Crippen LogP contribution in [0, 0.1) is 0 Å². The van der Waals surface area contributed by atoms with Gasteiger partial charge in [-0.2, -0.15) is 0 Å². The van der Waals surface area contributed by atoms with Gasteiger partial charge in [0.1, 0.15) is 11.2 Å². The summed E-state index contributed by atoms with van der Waals surface area (Å²) in [5.41, 5.74) is 13.7. The zero-order valence-corrected chi connectivity index (χ0v) is 32.0. The van der Waals surface area contributed by atoms with Crippen LogP contribution in [0.4, 0.5) is 0 Å². The first-order valence-electron chi connectivity index (χ1n) is 19.7. The maximum absolute atomic E-state index is 6.24. The van der Waals surface area contributed by atoms with Crippen LogP contribution in [0.3, 0.4) is 0 Å². The Labute approximate surface area is 336 Å². The highest BCUT2D eigenvalue weighted by atomic mass is 32.1. The zero-order valence-electron chi connectivity index (χ0n) is 31.2. The molecule has 9 aromatic carbocycles. The van der Waals surface area contributed by atoms with Crippen molar-refractivity contribution in [3.05, 3.63) is 194 Å². The fraction of sp³-hybridized carbons (Fsp3) is 0. The average molecular weight is 757 g/mol. The van der Waals surface area contributed by atoms with Gasteiger partial charge in [0.05, 0.1) is 22.1 Å². The number of hydrogen-bond donors (Lipinski definition) is 0. The molecule has 0 radical (unpaired) electrons. The van der Waals surface area contributed by atoms with Gasteiger partial charge in [0, 0.05) is 63.9 Å². The molecule has 0 unspecified atom stereocenters. The van der Waals surface area contributed by atoms with Gasteiger partial charge in [-0.25, -0.2) is 0 Å². The molecule has 0 saturated heterocycles. The SMILES string of the molecule is c1ccc(-c2cccc3c2c2cc(-c4ccc5c(c4)c4ccccc4n5-c4ccc5c(c4)sc4ccccc45)ccc2n3-c2ccc3oc4ccccc4c3c2)cc1. The standard InChI is InChI=1S/C54H32N2OS/c1-2-11-33(12-3-1)38-16-10-18-49-54(38)45-30-35(22-27-48(45)56(49)36-24-28-51-44(31-36)40-14-5-8-19-50(40)57-51)34-21-26-47-43(29-34)39-13-4-7-17-46(39)55(47)37-23-25-42-41-15-6-9-20-52(41)58-53(42)32-37/h1-32H. The number of fused-ring (bicyclic) bond motifs is 12. The largest absolute Gasteiger partial charge is 0.456 e. The van der Waals surface area contributed by atoms with Crippen molar-refractivity contribution in [3.8, 4) is 33.6 Å². The Morgan fingerprint density at radius 2 is 0.948 bits per heavy atom. The van der Waals surface area contributed by atoms with Crippen molar-refractivity contribution in [1.82, 2.24) is 9.13 Å². The summed E-state index contributed by atoms with van der Waals surface area (Å²) in [6.45, 7) is 0. The summed E-state index contributed by atoms with van der Waals surface area (Å²) < 4.78 is 13.7. The van der Waals surface area contributed by atoms with E-state index in [4.69, 9.17) is 4.42 Å². The number of furan rings is 1. The first-order valence-corrected chi connectivity index (χ1v) is 20.6. The summed E-state index contributed by atoms with van der Waals surface area (Å²) in [6.07, 6.45) is 0. The van der Waals surface area contributed by atoms with Gasteiger partial charge in [0.15, 0.2) is 0 Å². The molecule has 0 aliphatic rings. The molecule has 270 valence electrons. The Hall–Kier alpha value is -7.40. The van der Waals surface area contributed by atoms with E-state index in [-0.39, 0.29) is 0 Å². The van der Waals surface area contributed by atoms with Crippen molar-refractivity contribution < 1.29 is 4.42 Å². The second-order valence-electron chi connectivity index (χ2n) is 15.3. The summed E-state index contributed by atoms with van der Waals surface area (Å²) in [7, 11) is 0. The lowest BCUT2D eigenvalue weighted by molar-refractivity contribution is 0.669. The molecular formula is C54H32N2OS. The Bertz CT molecular complexity index is 3800. The molecule has 0 aliphatic heterocycles. The molecule has 13 aromatic rings. The smallest absolute Gasteiger partial charge is 0.135 e. The monoisotopic (exact) mass is 756 g/mol. The summed E-state index contributed by atoms with van der Waals surface area (Å²) in [4.78, 5) is 0. The van der Waals surface area contributed by atoms with Crippen LogP contribution in [0.15, 0.2) is 199 Å². The van der Waals surface area contributed by atoms with Crippen molar-refractivity contribution in [2.24, 2.45) is 0 Å². The highest BCUT2D eigenvalue weighted by molar-refractivity contribution is 7.25. The normalized spacial score (nSPS) is 12.1. The lowest BCUT2D eigenvalue weighted by atomic mass is 9.97. The third kappa shape index (κ3) is 4.55. The van der Waals surface area contributed by atoms with E-state index in [9.17, 15) is 0 Å². The molecule has 13 rings (SSSR count). The van der Waals surface area contributed by atoms with Crippen molar-refractivity contribution in [1.29, 1.82) is 0 Å². The maximum Gasteiger partial charge on any atom is 0.135 e. The molecule has 4 heterocycles. The van der Waals surface area contributed by atoms with E-state index < -0.39 is 0 Å². The third-order valence-electron chi connectivity index (χ3n) is 12.1. The van der Waals surface area contributed by atoms with Crippen LogP contribution >= 0.6 is 11.3 Å². The fourth-order valence-electron chi connectivity index (χ4n) is 9.52. The van der Waals surface area contributed by atoms with Crippen LogP contribution in [0.2, 0.25) is 0 Å². The zero-order chi connectivity index (χ0) is 37.9. The fourth-order valence-corrected chi connectivity index (χ4v) is 10.7. The Morgan fingerprint density at radius 1 is 0.328 bits per heavy atom. The number of benzene rings is 9. The van der Waals surface area contributed by atoms with Gasteiger partial charge in [0.25, 0.3) is 0 Å². The van der Waals surface area contributed by atoms with Crippen molar-refractivity contribution in [3.63, 3.8) is 0 Å². The van der Waals surface area contributed by atoms with Crippen molar-refractivity contribution in [2.75, 3.05) is 0 Å². The predicted molar refractivity (Wildman–Crippen MR) is 246 cm³/mol. The van der Waals surface area contributed by atoms with E-state index in [1.54, 1.807) is 0 Å². The topological polar surface area (TPSA) is 23.0 Å². The lowest BCUT2D eigenvalue weighted by Crippen LogP contribution is -1.94. The molecule has 0 bridgehead atoms. The molecule has 0 fully saturated rings. The molecule has 0 spiro atoms. The van der Waals surface area contributed by atoms with Gasteiger partial charge in [-0.3, -0.25) is 0 Å². The van der Waals surface area contributed by atoms with Crippen LogP contribution in [-0.4, -0.2) is 9.13 Å². The van der Waals surface area contributed by atoms with E-state index in [2.05, 4.69) is 191 Å². The second kappa shape index (κ2) is 12.1.